The molecule has 1 unspecified atom stereocenters. The predicted molar refractivity (Wildman–Crippen MR) is 75.0 cm³/mol. The first-order valence-corrected chi connectivity index (χ1v) is 8.24. The highest BCUT2D eigenvalue weighted by atomic mass is 32.2. The first-order chi connectivity index (χ1) is 9.48. The van der Waals surface area contributed by atoms with E-state index in [9.17, 15) is 8.42 Å². The molecule has 1 atom stereocenters. The van der Waals surface area contributed by atoms with Crippen molar-refractivity contribution in [3.63, 3.8) is 0 Å². The van der Waals surface area contributed by atoms with Gasteiger partial charge in [0.25, 0.3) is 0 Å². The van der Waals surface area contributed by atoms with Crippen molar-refractivity contribution in [2.24, 2.45) is 0 Å². The Hall–Kier alpha value is -1.17. The van der Waals surface area contributed by atoms with E-state index in [1.807, 2.05) is 6.07 Å². The monoisotopic (exact) mass is 294 g/mol. The molecule has 1 aliphatic carbocycles. The van der Waals surface area contributed by atoms with E-state index < -0.39 is 20.4 Å². The Morgan fingerprint density at radius 1 is 1.00 bits per heavy atom. The van der Waals surface area contributed by atoms with Crippen molar-refractivity contribution in [1.82, 2.24) is 0 Å². The molecule has 3 rings (SSSR count). The van der Waals surface area contributed by atoms with E-state index in [4.69, 9.17) is 9.47 Å². The zero-order valence-corrected chi connectivity index (χ0v) is 12.2. The van der Waals surface area contributed by atoms with Gasteiger partial charge in [-0.2, -0.15) is 0 Å². The molecule has 5 heteroatoms. The van der Waals surface area contributed by atoms with E-state index in [2.05, 4.69) is 0 Å². The van der Waals surface area contributed by atoms with Gasteiger partial charge in [-0.15, -0.1) is 0 Å². The fourth-order valence-corrected chi connectivity index (χ4v) is 4.37. The van der Waals surface area contributed by atoms with Gasteiger partial charge in [-0.05, 0) is 31.6 Å². The maximum absolute atomic E-state index is 12.8. The van der Waals surface area contributed by atoms with Crippen LogP contribution in [0.1, 0.15) is 19.8 Å². The molecule has 0 amide bonds. The Bertz CT molecular complexity index is 615. The highest BCUT2D eigenvalue weighted by Crippen LogP contribution is 2.40. The molecule has 1 aromatic carbocycles. The average Bonchev–Trinajstić information content (AvgIpc) is 2.92. The minimum atomic E-state index is -3.41. The lowest BCUT2D eigenvalue weighted by molar-refractivity contribution is -0.126. The lowest BCUT2D eigenvalue weighted by atomic mass is 9.92. The van der Waals surface area contributed by atoms with Crippen LogP contribution >= 0.6 is 0 Å². The molecule has 1 fully saturated rings. The van der Waals surface area contributed by atoms with Crippen LogP contribution < -0.4 is 0 Å². The standard InChI is InChI=1S/C15H18O4S/c1-14(20(16,17)13-5-3-2-4-6-13)7-9-15(10-8-14)18-11-12-19-15/h2-7,9H,8,10-12H2,1H3. The number of ether oxygens (including phenoxy) is 2. The second kappa shape index (κ2) is 4.69. The Morgan fingerprint density at radius 2 is 1.65 bits per heavy atom. The quantitative estimate of drug-likeness (QED) is 0.785. The van der Waals surface area contributed by atoms with Crippen molar-refractivity contribution in [3.05, 3.63) is 42.5 Å². The van der Waals surface area contributed by atoms with Crippen LogP contribution in [-0.4, -0.2) is 32.2 Å². The fraction of sp³-hybridized carbons (Fsp3) is 0.467. The third kappa shape index (κ3) is 2.10. The lowest BCUT2D eigenvalue weighted by Crippen LogP contribution is -2.42. The third-order valence-electron chi connectivity index (χ3n) is 4.10. The smallest absolute Gasteiger partial charge is 0.188 e. The third-order valence-corrected chi connectivity index (χ3v) is 6.56. The molecule has 0 N–H and O–H groups in total. The van der Waals surface area contributed by atoms with Crippen molar-refractivity contribution < 1.29 is 17.9 Å². The molecule has 1 heterocycles. The van der Waals surface area contributed by atoms with Gasteiger partial charge >= 0.3 is 0 Å². The van der Waals surface area contributed by atoms with Crippen LogP contribution in [0, 0.1) is 0 Å². The van der Waals surface area contributed by atoms with Gasteiger partial charge < -0.3 is 9.47 Å². The summed E-state index contributed by atoms with van der Waals surface area (Å²) >= 11 is 0. The summed E-state index contributed by atoms with van der Waals surface area (Å²) in [7, 11) is -3.41. The summed E-state index contributed by atoms with van der Waals surface area (Å²) in [4.78, 5) is 0.358. The molecular weight excluding hydrogens is 276 g/mol. The van der Waals surface area contributed by atoms with Crippen LogP contribution in [0.25, 0.3) is 0 Å². The van der Waals surface area contributed by atoms with Crippen LogP contribution in [0.4, 0.5) is 0 Å². The molecule has 2 aliphatic rings. The van der Waals surface area contributed by atoms with Crippen LogP contribution in [0.3, 0.4) is 0 Å². The molecular formula is C15H18O4S. The summed E-state index contributed by atoms with van der Waals surface area (Å²) in [6, 6.07) is 8.58. The zero-order chi connectivity index (χ0) is 14.3. The molecule has 1 aromatic rings. The SMILES string of the molecule is CC1(S(=O)(=O)c2ccccc2)C=CC2(CC1)OCCO2. The highest BCUT2D eigenvalue weighted by Gasteiger charge is 2.46. The Balaban J connectivity index is 1.94. The molecule has 0 saturated carbocycles. The number of sulfone groups is 1. The Labute approximate surface area is 119 Å². The predicted octanol–water partition coefficient (Wildman–Crippen LogP) is 2.31. The average molecular weight is 294 g/mol. The first kappa shape index (κ1) is 13.8. The fourth-order valence-electron chi connectivity index (χ4n) is 2.70. The molecule has 0 radical (unpaired) electrons. The van der Waals surface area contributed by atoms with Gasteiger partial charge in [0.2, 0.25) is 0 Å². The van der Waals surface area contributed by atoms with Gasteiger partial charge in [0.1, 0.15) is 0 Å². The largest absolute Gasteiger partial charge is 0.344 e. The number of benzene rings is 1. The van der Waals surface area contributed by atoms with Gasteiger partial charge in [0.05, 0.1) is 22.9 Å². The molecule has 20 heavy (non-hydrogen) atoms. The van der Waals surface area contributed by atoms with Crippen molar-refractivity contribution in [3.8, 4) is 0 Å². The number of rotatable bonds is 2. The number of hydrogen-bond acceptors (Lipinski definition) is 4. The van der Waals surface area contributed by atoms with Gasteiger partial charge in [-0.1, -0.05) is 24.3 Å². The molecule has 108 valence electrons. The first-order valence-electron chi connectivity index (χ1n) is 6.76. The van der Waals surface area contributed by atoms with E-state index in [0.29, 0.717) is 31.0 Å². The summed E-state index contributed by atoms with van der Waals surface area (Å²) in [5, 5.41) is 0. The maximum atomic E-state index is 12.8. The van der Waals surface area contributed by atoms with Crippen molar-refractivity contribution in [2.45, 2.75) is 35.2 Å². The molecule has 0 bridgehead atoms. The minimum Gasteiger partial charge on any atom is -0.344 e. The molecule has 1 saturated heterocycles. The van der Waals surface area contributed by atoms with E-state index >= 15 is 0 Å². The minimum absolute atomic E-state index is 0.358. The van der Waals surface area contributed by atoms with E-state index in [-0.39, 0.29) is 0 Å². The van der Waals surface area contributed by atoms with Gasteiger partial charge in [0, 0.05) is 6.42 Å². The normalized spacial score (nSPS) is 28.9. The topological polar surface area (TPSA) is 52.6 Å². The zero-order valence-electron chi connectivity index (χ0n) is 11.4. The van der Waals surface area contributed by atoms with Crippen molar-refractivity contribution >= 4 is 9.84 Å². The molecule has 1 spiro atoms. The molecule has 0 aromatic heterocycles. The van der Waals surface area contributed by atoms with Gasteiger partial charge in [-0.3, -0.25) is 0 Å². The highest BCUT2D eigenvalue weighted by molar-refractivity contribution is 7.93. The van der Waals surface area contributed by atoms with Crippen LogP contribution in [0.2, 0.25) is 0 Å². The number of hydrogen-bond donors (Lipinski definition) is 0. The second-order valence-electron chi connectivity index (χ2n) is 5.47. The maximum Gasteiger partial charge on any atom is 0.188 e. The second-order valence-corrected chi connectivity index (χ2v) is 7.88. The lowest BCUT2D eigenvalue weighted by Gasteiger charge is -2.36. The summed E-state index contributed by atoms with van der Waals surface area (Å²) in [6.45, 7) is 2.88. The van der Waals surface area contributed by atoms with Crippen LogP contribution in [-0.2, 0) is 19.3 Å². The van der Waals surface area contributed by atoms with Gasteiger partial charge in [-0.25, -0.2) is 8.42 Å². The Morgan fingerprint density at radius 3 is 2.20 bits per heavy atom. The van der Waals surface area contributed by atoms with E-state index in [1.54, 1.807) is 43.3 Å². The van der Waals surface area contributed by atoms with Gasteiger partial charge in [0.15, 0.2) is 15.6 Å². The molecule has 1 aliphatic heterocycles. The summed E-state index contributed by atoms with van der Waals surface area (Å²) in [5.41, 5.74) is 0. The van der Waals surface area contributed by atoms with Crippen LogP contribution in [0.15, 0.2) is 47.4 Å². The van der Waals surface area contributed by atoms with Crippen molar-refractivity contribution in [2.75, 3.05) is 13.2 Å². The summed E-state index contributed by atoms with van der Waals surface area (Å²) < 4.78 is 35.8. The summed E-state index contributed by atoms with van der Waals surface area (Å²) in [5.74, 6) is -0.703. The van der Waals surface area contributed by atoms with Crippen LogP contribution in [0.5, 0.6) is 0 Å². The molecule has 4 nitrogen and oxygen atoms in total. The van der Waals surface area contributed by atoms with Crippen molar-refractivity contribution in [1.29, 1.82) is 0 Å². The van der Waals surface area contributed by atoms with E-state index in [0.717, 1.165) is 0 Å². The van der Waals surface area contributed by atoms with E-state index in [1.165, 1.54) is 0 Å². The Kier molecular flexibility index (Phi) is 3.23. The summed E-state index contributed by atoms with van der Waals surface area (Å²) in [6.07, 6.45) is 4.54.